The summed E-state index contributed by atoms with van der Waals surface area (Å²) >= 11 is 0. The van der Waals surface area contributed by atoms with Crippen molar-refractivity contribution in [2.75, 3.05) is 20.3 Å². The lowest BCUT2D eigenvalue weighted by atomic mass is 10.1. The molecule has 0 spiro atoms. The molecule has 1 atom stereocenters. The largest absolute Gasteiger partial charge is 0.465 e. The Labute approximate surface area is 66.5 Å². The number of hydrogen-bond donors (Lipinski definition) is 2. The number of hydrogen-bond acceptors (Lipinski definition) is 4. The summed E-state index contributed by atoms with van der Waals surface area (Å²) in [6.07, 6.45) is 0. The highest BCUT2D eigenvalue weighted by atomic mass is 16.5. The third-order valence-corrected chi connectivity index (χ3v) is 1.59. The number of likely N-dealkylation sites (N-methyl/N-ethyl adjacent to an activating group) is 1. The van der Waals surface area contributed by atoms with E-state index < -0.39 is 11.5 Å². The van der Waals surface area contributed by atoms with Crippen molar-refractivity contribution in [1.29, 1.82) is 0 Å². The molecule has 0 amide bonds. The first-order chi connectivity index (χ1) is 5.10. The van der Waals surface area contributed by atoms with Crippen molar-refractivity contribution in [3.05, 3.63) is 0 Å². The molecule has 0 bridgehead atoms. The van der Waals surface area contributed by atoms with Crippen molar-refractivity contribution in [2.45, 2.75) is 19.4 Å². The Morgan fingerprint density at radius 3 is 2.55 bits per heavy atom. The van der Waals surface area contributed by atoms with E-state index in [1.54, 1.807) is 20.9 Å². The van der Waals surface area contributed by atoms with Gasteiger partial charge in [0.05, 0.1) is 13.2 Å². The molecule has 2 N–H and O–H groups in total. The molecular formula is C7H15NO3. The van der Waals surface area contributed by atoms with Gasteiger partial charge in [-0.3, -0.25) is 0 Å². The van der Waals surface area contributed by atoms with Crippen LogP contribution >= 0.6 is 0 Å². The van der Waals surface area contributed by atoms with E-state index in [4.69, 9.17) is 9.84 Å². The van der Waals surface area contributed by atoms with Gasteiger partial charge >= 0.3 is 5.97 Å². The van der Waals surface area contributed by atoms with Crippen LogP contribution < -0.4 is 5.32 Å². The van der Waals surface area contributed by atoms with Crippen LogP contribution in [0.4, 0.5) is 0 Å². The number of aliphatic hydroxyl groups is 1. The van der Waals surface area contributed by atoms with Crippen LogP contribution in [0.25, 0.3) is 0 Å². The molecule has 0 fully saturated rings. The first-order valence-electron chi connectivity index (χ1n) is 3.57. The number of esters is 1. The molecule has 0 saturated heterocycles. The first kappa shape index (κ1) is 10.4. The molecule has 0 saturated carbocycles. The second-order valence-electron chi connectivity index (χ2n) is 2.46. The number of ether oxygens (including phenoxy) is 1. The quantitative estimate of drug-likeness (QED) is 0.547. The summed E-state index contributed by atoms with van der Waals surface area (Å²) in [5.41, 5.74) is -0.962. The topological polar surface area (TPSA) is 58.6 Å². The van der Waals surface area contributed by atoms with Gasteiger partial charge in [0.1, 0.15) is 5.54 Å². The first-order valence-corrected chi connectivity index (χ1v) is 3.57. The van der Waals surface area contributed by atoms with Crippen LogP contribution in [0.5, 0.6) is 0 Å². The average Bonchev–Trinajstić information content (AvgIpc) is 2.03. The normalized spacial score (nSPS) is 15.6. The molecule has 0 aromatic carbocycles. The fraction of sp³-hybridized carbons (Fsp3) is 0.857. The van der Waals surface area contributed by atoms with Gasteiger partial charge in [-0.15, -0.1) is 0 Å². The molecule has 0 heterocycles. The van der Waals surface area contributed by atoms with Gasteiger partial charge in [0, 0.05) is 0 Å². The Kier molecular flexibility index (Phi) is 4.07. The van der Waals surface area contributed by atoms with Crippen LogP contribution in [0.2, 0.25) is 0 Å². The fourth-order valence-electron chi connectivity index (χ4n) is 0.536. The molecule has 0 aromatic heterocycles. The highest BCUT2D eigenvalue weighted by molar-refractivity contribution is 5.80. The van der Waals surface area contributed by atoms with Gasteiger partial charge in [-0.2, -0.15) is 0 Å². The third kappa shape index (κ3) is 2.48. The predicted molar refractivity (Wildman–Crippen MR) is 41.2 cm³/mol. The monoisotopic (exact) mass is 161 g/mol. The second kappa shape index (κ2) is 4.31. The molecular weight excluding hydrogens is 146 g/mol. The molecule has 0 rings (SSSR count). The Balaban J connectivity index is 4.12. The Bertz CT molecular complexity index is 132. The minimum absolute atomic E-state index is 0.262. The van der Waals surface area contributed by atoms with E-state index in [2.05, 4.69) is 5.32 Å². The zero-order valence-corrected chi connectivity index (χ0v) is 7.18. The van der Waals surface area contributed by atoms with E-state index >= 15 is 0 Å². The van der Waals surface area contributed by atoms with E-state index in [0.717, 1.165) is 0 Å². The van der Waals surface area contributed by atoms with Gasteiger partial charge in [0.25, 0.3) is 0 Å². The fourth-order valence-corrected chi connectivity index (χ4v) is 0.536. The van der Waals surface area contributed by atoms with Crippen LogP contribution in [0, 0.1) is 0 Å². The number of rotatable bonds is 4. The lowest BCUT2D eigenvalue weighted by Crippen LogP contribution is -2.51. The Morgan fingerprint density at radius 2 is 2.27 bits per heavy atom. The number of nitrogens with one attached hydrogen (secondary N) is 1. The Morgan fingerprint density at radius 1 is 1.73 bits per heavy atom. The molecule has 0 aliphatic carbocycles. The molecule has 1 unspecified atom stereocenters. The SMILES string of the molecule is CCOC(=O)C(C)(CO)NC. The summed E-state index contributed by atoms with van der Waals surface area (Å²) in [6, 6.07) is 0. The van der Waals surface area contributed by atoms with Crippen molar-refractivity contribution in [2.24, 2.45) is 0 Å². The molecule has 0 aliphatic rings. The molecule has 11 heavy (non-hydrogen) atoms. The average molecular weight is 161 g/mol. The van der Waals surface area contributed by atoms with Crippen molar-refractivity contribution in [3.8, 4) is 0 Å². The van der Waals surface area contributed by atoms with E-state index in [0.29, 0.717) is 6.61 Å². The van der Waals surface area contributed by atoms with E-state index in [-0.39, 0.29) is 6.61 Å². The highest BCUT2D eigenvalue weighted by Crippen LogP contribution is 2.03. The minimum atomic E-state index is -0.962. The molecule has 0 radical (unpaired) electrons. The van der Waals surface area contributed by atoms with Gasteiger partial charge in [-0.1, -0.05) is 0 Å². The second-order valence-corrected chi connectivity index (χ2v) is 2.46. The van der Waals surface area contributed by atoms with Gasteiger partial charge in [-0.05, 0) is 20.9 Å². The van der Waals surface area contributed by atoms with Gasteiger partial charge < -0.3 is 15.2 Å². The van der Waals surface area contributed by atoms with Crippen LogP contribution in [0.3, 0.4) is 0 Å². The molecule has 4 nitrogen and oxygen atoms in total. The minimum Gasteiger partial charge on any atom is -0.465 e. The van der Waals surface area contributed by atoms with Crippen molar-refractivity contribution in [1.82, 2.24) is 5.32 Å². The summed E-state index contributed by atoms with van der Waals surface area (Å²) in [5.74, 6) is -0.426. The zero-order chi connectivity index (χ0) is 8.91. The molecule has 66 valence electrons. The highest BCUT2D eigenvalue weighted by Gasteiger charge is 2.31. The Hall–Kier alpha value is -0.610. The predicted octanol–water partition coefficient (Wildman–Crippen LogP) is -0.480. The lowest BCUT2D eigenvalue weighted by Gasteiger charge is -2.23. The van der Waals surface area contributed by atoms with Crippen LogP contribution in [0.1, 0.15) is 13.8 Å². The van der Waals surface area contributed by atoms with E-state index in [1.807, 2.05) is 0 Å². The van der Waals surface area contributed by atoms with Crippen LogP contribution in [0.15, 0.2) is 0 Å². The summed E-state index contributed by atoms with van der Waals surface area (Å²) in [4.78, 5) is 11.1. The number of aliphatic hydroxyl groups excluding tert-OH is 1. The van der Waals surface area contributed by atoms with E-state index in [9.17, 15) is 4.79 Å². The van der Waals surface area contributed by atoms with Crippen molar-refractivity contribution >= 4 is 5.97 Å². The van der Waals surface area contributed by atoms with Gasteiger partial charge in [0.15, 0.2) is 0 Å². The number of carbonyl (C=O) groups excluding carboxylic acids is 1. The number of carbonyl (C=O) groups is 1. The molecule has 0 aliphatic heterocycles. The zero-order valence-electron chi connectivity index (χ0n) is 7.18. The van der Waals surface area contributed by atoms with E-state index in [1.165, 1.54) is 0 Å². The summed E-state index contributed by atoms with van der Waals surface area (Å²) in [5, 5.41) is 11.5. The van der Waals surface area contributed by atoms with Crippen LogP contribution in [-0.4, -0.2) is 36.9 Å². The lowest BCUT2D eigenvalue weighted by molar-refractivity contribution is -0.151. The summed E-state index contributed by atoms with van der Waals surface area (Å²) in [6.45, 7) is 3.38. The van der Waals surface area contributed by atoms with Crippen molar-refractivity contribution in [3.63, 3.8) is 0 Å². The van der Waals surface area contributed by atoms with Crippen LogP contribution in [-0.2, 0) is 9.53 Å². The van der Waals surface area contributed by atoms with Gasteiger partial charge in [0.2, 0.25) is 0 Å². The maximum Gasteiger partial charge on any atom is 0.328 e. The molecule has 0 aromatic rings. The summed E-state index contributed by atoms with van der Waals surface area (Å²) < 4.78 is 4.73. The molecule has 4 heteroatoms. The summed E-state index contributed by atoms with van der Waals surface area (Å²) in [7, 11) is 1.60. The van der Waals surface area contributed by atoms with Gasteiger partial charge in [-0.25, -0.2) is 4.79 Å². The smallest absolute Gasteiger partial charge is 0.328 e. The third-order valence-electron chi connectivity index (χ3n) is 1.59. The maximum atomic E-state index is 11.1. The standard InChI is InChI=1S/C7H15NO3/c1-4-11-6(10)7(2,5-9)8-3/h8-9H,4-5H2,1-3H3. The van der Waals surface area contributed by atoms with Crippen molar-refractivity contribution < 1.29 is 14.6 Å². The maximum absolute atomic E-state index is 11.1.